The highest BCUT2D eigenvalue weighted by molar-refractivity contribution is 6.07. The minimum atomic E-state index is -0.402. The maximum absolute atomic E-state index is 12.6. The van der Waals surface area contributed by atoms with Crippen molar-refractivity contribution >= 4 is 17.3 Å². The number of aryl methyl sites for hydroxylation is 4. The number of anilines is 2. The molecule has 0 atom stereocenters. The van der Waals surface area contributed by atoms with Crippen molar-refractivity contribution in [2.45, 2.75) is 40.5 Å². The third-order valence-electron chi connectivity index (χ3n) is 4.36. The molecular formula is C22H25N3O. The minimum Gasteiger partial charge on any atom is -0.360 e. The zero-order valence-electron chi connectivity index (χ0n) is 15.8. The molecule has 134 valence electrons. The number of carbonyl (C=O) groups is 1. The van der Waals surface area contributed by atoms with Crippen molar-refractivity contribution in [1.82, 2.24) is 0 Å². The second-order valence-corrected chi connectivity index (χ2v) is 6.25. The number of hydrogen-bond donors (Lipinski definition) is 2. The van der Waals surface area contributed by atoms with E-state index in [9.17, 15) is 10.1 Å². The van der Waals surface area contributed by atoms with Gasteiger partial charge in [0.05, 0.1) is 0 Å². The summed E-state index contributed by atoms with van der Waals surface area (Å²) >= 11 is 0. The third kappa shape index (κ3) is 4.52. The minimum absolute atomic E-state index is 0.0398. The number of nitrogens with one attached hydrogen (secondary N) is 2. The fraction of sp³-hybridized carbons (Fsp3) is 0.273. The molecule has 1 amide bonds. The van der Waals surface area contributed by atoms with Gasteiger partial charge in [-0.15, -0.1) is 0 Å². The van der Waals surface area contributed by atoms with Gasteiger partial charge >= 0.3 is 0 Å². The highest BCUT2D eigenvalue weighted by atomic mass is 16.1. The number of hydrogen-bond acceptors (Lipinski definition) is 3. The van der Waals surface area contributed by atoms with E-state index in [2.05, 4.69) is 10.6 Å². The third-order valence-corrected chi connectivity index (χ3v) is 4.36. The molecule has 0 fully saturated rings. The van der Waals surface area contributed by atoms with Gasteiger partial charge in [0, 0.05) is 17.6 Å². The van der Waals surface area contributed by atoms with E-state index in [0.29, 0.717) is 0 Å². The van der Waals surface area contributed by atoms with Crippen molar-refractivity contribution in [3.63, 3.8) is 0 Å². The van der Waals surface area contributed by atoms with Gasteiger partial charge in [-0.25, -0.2) is 0 Å². The van der Waals surface area contributed by atoms with Crippen LogP contribution in [0.25, 0.3) is 0 Å². The molecule has 0 spiro atoms. The number of nitriles is 1. The molecule has 0 aliphatic carbocycles. The van der Waals surface area contributed by atoms with Crippen LogP contribution in [0.1, 0.15) is 36.1 Å². The summed E-state index contributed by atoms with van der Waals surface area (Å²) in [6, 6.07) is 14.0. The Kier molecular flexibility index (Phi) is 6.57. The van der Waals surface area contributed by atoms with Gasteiger partial charge in [0.1, 0.15) is 11.6 Å². The van der Waals surface area contributed by atoms with Crippen LogP contribution in [0.15, 0.2) is 48.2 Å². The van der Waals surface area contributed by atoms with Crippen LogP contribution in [0.4, 0.5) is 11.4 Å². The summed E-state index contributed by atoms with van der Waals surface area (Å²) in [5, 5.41) is 15.4. The van der Waals surface area contributed by atoms with Crippen molar-refractivity contribution in [1.29, 1.82) is 5.26 Å². The molecule has 0 saturated carbocycles. The predicted molar refractivity (Wildman–Crippen MR) is 107 cm³/mol. The fourth-order valence-corrected chi connectivity index (χ4v) is 2.86. The summed E-state index contributed by atoms with van der Waals surface area (Å²) in [4.78, 5) is 12.6. The van der Waals surface area contributed by atoms with Gasteiger partial charge < -0.3 is 10.6 Å². The van der Waals surface area contributed by atoms with Gasteiger partial charge in [0.15, 0.2) is 0 Å². The predicted octanol–water partition coefficient (Wildman–Crippen LogP) is 4.89. The Bertz CT molecular complexity index is 853. The summed E-state index contributed by atoms with van der Waals surface area (Å²) in [5.74, 6) is -0.402. The van der Waals surface area contributed by atoms with E-state index in [0.717, 1.165) is 40.9 Å². The van der Waals surface area contributed by atoms with Crippen molar-refractivity contribution < 1.29 is 4.79 Å². The van der Waals surface area contributed by atoms with Gasteiger partial charge in [0.2, 0.25) is 0 Å². The fourth-order valence-electron chi connectivity index (χ4n) is 2.86. The maximum Gasteiger partial charge on any atom is 0.267 e. The molecule has 0 unspecified atom stereocenters. The van der Waals surface area contributed by atoms with Gasteiger partial charge in [-0.05, 0) is 49.4 Å². The molecule has 2 N–H and O–H groups in total. The highest BCUT2D eigenvalue weighted by Gasteiger charge is 2.14. The lowest BCUT2D eigenvalue weighted by Gasteiger charge is -2.14. The van der Waals surface area contributed by atoms with Gasteiger partial charge in [0.25, 0.3) is 5.91 Å². The monoisotopic (exact) mass is 347 g/mol. The van der Waals surface area contributed by atoms with Crippen molar-refractivity contribution in [2.24, 2.45) is 0 Å². The molecule has 0 aromatic heterocycles. The molecule has 2 rings (SSSR count). The van der Waals surface area contributed by atoms with Crippen molar-refractivity contribution in [3.05, 3.63) is 70.4 Å². The van der Waals surface area contributed by atoms with Crippen LogP contribution < -0.4 is 10.6 Å². The summed E-state index contributed by atoms with van der Waals surface area (Å²) in [6.45, 7) is 8.11. The van der Waals surface area contributed by atoms with Crippen molar-refractivity contribution in [3.8, 4) is 6.07 Å². The average Bonchev–Trinajstić information content (AvgIpc) is 2.63. The lowest BCUT2D eigenvalue weighted by Crippen LogP contribution is -2.17. The van der Waals surface area contributed by atoms with E-state index in [1.54, 1.807) is 0 Å². The molecule has 0 aliphatic heterocycles. The molecule has 2 aromatic carbocycles. The SMILES string of the molecule is CCc1cccc(CC)c1NC(=O)/C(C#N)=C\Nc1ccc(C)cc1C. The smallest absolute Gasteiger partial charge is 0.267 e. The number of nitrogens with zero attached hydrogens (tertiary/aromatic N) is 1. The maximum atomic E-state index is 12.6. The van der Waals surface area contributed by atoms with Gasteiger partial charge in [-0.1, -0.05) is 49.7 Å². The van der Waals surface area contributed by atoms with Crippen LogP contribution in [-0.4, -0.2) is 5.91 Å². The topological polar surface area (TPSA) is 64.9 Å². The standard InChI is InChI=1S/C22H25N3O/c1-5-17-8-7-9-18(6-2)21(17)25-22(26)19(13-23)14-24-20-11-10-15(3)12-16(20)4/h7-12,14,24H,5-6H2,1-4H3,(H,25,26)/b19-14-. The number of para-hydroxylation sites is 1. The number of benzene rings is 2. The van der Waals surface area contributed by atoms with Crippen LogP contribution in [0.3, 0.4) is 0 Å². The van der Waals surface area contributed by atoms with E-state index in [-0.39, 0.29) is 5.57 Å². The first kappa shape index (κ1) is 19.3. The quantitative estimate of drug-likeness (QED) is 0.578. The molecule has 0 saturated heterocycles. The molecule has 0 bridgehead atoms. The van der Waals surface area contributed by atoms with Gasteiger partial charge in [-0.2, -0.15) is 5.26 Å². The van der Waals surface area contributed by atoms with Crippen LogP contribution >= 0.6 is 0 Å². The number of rotatable bonds is 6. The summed E-state index contributed by atoms with van der Waals surface area (Å²) in [7, 11) is 0. The molecular weight excluding hydrogens is 322 g/mol. The first-order valence-corrected chi connectivity index (χ1v) is 8.86. The molecule has 26 heavy (non-hydrogen) atoms. The molecule has 0 radical (unpaired) electrons. The second kappa shape index (κ2) is 8.87. The second-order valence-electron chi connectivity index (χ2n) is 6.25. The van der Waals surface area contributed by atoms with E-state index >= 15 is 0 Å². The Balaban J connectivity index is 2.23. The summed E-state index contributed by atoms with van der Waals surface area (Å²) in [6.07, 6.45) is 3.10. The van der Waals surface area contributed by atoms with Crippen LogP contribution in [0, 0.1) is 25.2 Å². The van der Waals surface area contributed by atoms with Gasteiger partial charge in [-0.3, -0.25) is 4.79 Å². The molecule has 4 nitrogen and oxygen atoms in total. The largest absolute Gasteiger partial charge is 0.360 e. The van der Waals surface area contributed by atoms with Crippen LogP contribution in [-0.2, 0) is 17.6 Å². The van der Waals surface area contributed by atoms with Crippen molar-refractivity contribution in [2.75, 3.05) is 10.6 Å². The first-order valence-electron chi connectivity index (χ1n) is 8.86. The number of amides is 1. The molecule has 2 aromatic rings. The zero-order chi connectivity index (χ0) is 19.1. The molecule has 4 heteroatoms. The van der Waals surface area contributed by atoms with E-state index < -0.39 is 5.91 Å². The summed E-state index contributed by atoms with van der Waals surface area (Å²) in [5.41, 5.74) is 6.09. The van der Waals surface area contributed by atoms with Crippen LogP contribution in [0.5, 0.6) is 0 Å². The highest BCUT2D eigenvalue weighted by Crippen LogP contribution is 2.23. The first-order chi connectivity index (χ1) is 12.5. The Morgan fingerprint density at radius 2 is 1.77 bits per heavy atom. The zero-order valence-corrected chi connectivity index (χ0v) is 15.8. The Morgan fingerprint density at radius 3 is 2.31 bits per heavy atom. The number of carbonyl (C=O) groups excluding carboxylic acids is 1. The van der Waals surface area contributed by atoms with E-state index in [4.69, 9.17) is 0 Å². The summed E-state index contributed by atoms with van der Waals surface area (Å²) < 4.78 is 0. The lowest BCUT2D eigenvalue weighted by molar-refractivity contribution is -0.112. The van der Waals surface area contributed by atoms with E-state index in [1.807, 2.05) is 70.2 Å². The lowest BCUT2D eigenvalue weighted by atomic mass is 10.0. The Morgan fingerprint density at radius 1 is 1.12 bits per heavy atom. The normalized spacial score (nSPS) is 11.0. The Labute approximate surface area is 155 Å². The average molecular weight is 347 g/mol. The molecule has 0 aliphatic rings. The molecule has 0 heterocycles. The van der Waals surface area contributed by atoms with Crippen LogP contribution in [0.2, 0.25) is 0 Å². The Hall–Kier alpha value is -3.06. The van der Waals surface area contributed by atoms with E-state index in [1.165, 1.54) is 11.8 Å².